The van der Waals surface area contributed by atoms with Gasteiger partial charge in [0.1, 0.15) is 0 Å². The molecular formula is C43H27N3S. The lowest BCUT2D eigenvalue weighted by molar-refractivity contribution is 0.827. The third-order valence-corrected chi connectivity index (χ3v) is 11.3. The van der Waals surface area contributed by atoms with Gasteiger partial charge in [0.05, 0.1) is 39.4 Å². The van der Waals surface area contributed by atoms with Crippen LogP contribution in [0.1, 0.15) is 33.9 Å². The number of nitrogens with zero attached hydrogens (tertiary/aromatic N) is 3. The zero-order chi connectivity index (χ0) is 31.1. The normalized spacial score (nSPS) is 14.4. The molecule has 1 unspecified atom stereocenters. The first kappa shape index (κ1) is 26.3. The van der Waals surface area contributed by atoms with Gasteiger partial charge in [-0.3, -0.25) is 0 Å². The van der Waals surface area contributed by atoms with Gasteiger partial charge in [-0.2, -0.15) is 5.26 Å². The Morgan fingerprint density at radius 1 is 0.596 bits per heavy atom. The van der Waals surface area contributed by atoms with Crippen molar-refractivity contribution >= 4 is 71.1 Å². The predicted molar refractivity (Wildman–Crippen MR) is 197 cm³/mol. The van der Waals surface area contributed by atoms with Crippen LogP contribution >= 0.6 is 11.3 Å². The molecule has 0 N–H and O–H groups in total. The van der Waals surface area contributed by atoms with Crippen molar-refractivity contribution in [2.24, 2.45) is 0 Å². The fraction of sp³-hybridized carbons (Fsp3) is 0.0465. The fourth-order valence-electron chi connectivity index (χ4n) is 8.00. The predicted octanol–water partition coefficient (Wildman–Crippen LogP) is 11.5. The summed E-state index contributed by atoms with van der Waals surface area (Å²) >= 11 is 1.90. The molecule has 0 radical (unpaired) electrons. The second kappa shape index (κ2) is 10.1. The van der Waals surface area contributed by atoms with Gasteiger partial charge in [0.15, 0.2) is 0 Å². The molecule has 0 bridgehead atoms. The molecule has 1 atom stereocenters. The summed E-state index contributed by atoms with van der Waals surface area (Å²) in [5.74, 6) is 0.0516. The average molecular weight is 618 g/mol. The number of rotatable bonds is 3. The quantitative estimate of drug-likeness (QED) is 0.194. The van der Waals surface area contributed by atoms with Crippen molar-refractivity contribution in [3.8, 4) is 17.4 Å². The van der Waals surface area contributed by atoms with Crippen molar-refractivity contribution in [1.29, 1.82) is 5.26 Å². The maximum Gasteiger partial charge on any atom is 0.0995 e. The van der Waals surface area contributed by atoms with Crippen LogP contribution in [0.4, 0.5) is 0 Å². The number of thiophene rings is 1. The Morgan fingerprint density at radius 2 is 1.26 bits per heavy atom. The number of benzene rings is 6. The molecule has 0 aliphatic heterocycles. The topological polar surface area (TPSA) is 33.6 Å². The number of nitriles is 1. The van der Waals surface area contributed by atoms with Crippen molar-refractivity contribution in [3.63, 3.8) is 0 Å². The second-order valence-electron chi connectivity index (χ2n) is 12.3. The maximum absolute atomic E-state index is 10.6. The molecule has 4 heteroatoms. The molecule has 0 amide bonds. The average Bonchev–Trinajstić information content (AvgIpc) is 3.79. The molecular weight excluding hydrogens is 591 g/mol. The highest BCUT2D eigenvalue weighted by Gasteiger charge is 2.30. The van der Waals surface area contributed by atoms with Gasteiger partial charge < -0.3 is 9.13 Å². The van der Waals surface area contributed by atoms with Crippen LogP contribution in [0.5, 0.6) is 0 Å². The van der Waals surface area contributed by atoms with E-state index in [1.807, 2.05) is 23.5 Å². The Bertz CT molecular complexity index is 2730. The first-order valence-corrected chi connectivity index (χ1v) is 16.9. The SMILES string of the molecule is N#Cc1cccc(-n2c3ccccc3c3ccccc32)c1C1CC=Cc2c1sc1c2ccc2c1c1ccccc1n2-c1ccccc1. The minimum absolute atomic E-state index is 0.0516. The summed E-state index contributed by atoms with van der Waals surface area (Å²) in [6.07, 6.45) is 5.46. The van der Waals surface area contributed by atoms with E-state index in [0.29, 0.717) is 0 Å². The number of allylic oxidation sites excluding steroid dienone is 1. The monoisotopic (exact) mass is 617 g/mol. The Labute approximate surface area is 275 Å². The van der Waals surface area contributed by atoms with Gasteiger partial charge in [0, 0.05) is 53.7 Å². The highest BCUT2D eigenvalue weighted by molar-refractivity contribution is 7.20. The maximum atomic E-state index is 10.6. The van der Waals surface area contributed by atoms with E-state index in [4.69, 9.17) is 0 Å². The zero-order valence-electron chi connectivity index (χ0n) is 25.4. The largest absolute Gasteiger partial charge is 0.309 e. The Kier molecular flexibility index (Phi) is 5.64. The lowest BCUT2D eigenvalue weighted by Gasteiger charge is -2.24. The van der Waals surface area contributed by atoms with Crippen LogP contribution in [0.15, 0.2) is 140 Å². The summed E-state index contributed by atoms with van der Waals surface area (Å²) in [6, 6.07) is 50.1. The molecule has 47 heavy (non-hydrogen) atoms. The highest BCUT2D eigenvalue weighted by Crippen LogP contribution is 2.50. The molecule has 0 spiro atoms. The second-order valence-corrected chi connectivity index (χ2v) is 13.4. The summed E-state index contributed by atoms with van der Waals surface area (Å²) in [7, 11) is 0. The van der Waals surface area contributed by atoms with Gasteiger partial charge in [-0.25, -0.2) is 0 Å². The first-order chi connectivity index (χ1) is 23.3. The third kappa shape index (κ3) is 3.66. The van der Waals surface area contributed by atoms with Crippen molar-refractivity contribution in [2.45, 2.75) is 12.3 Å². The Balaban J connectivity index is 1.27. The van der Waals surface area contributed by atoms with E-state index < -0.39 is 0 Å². The molecule has 9 aromatic rings. The zero-order valence-corrected chi connectivity index (χ0v) is 26.2. The number of hydrogen-bond acceptors (Lipinski definition) is 2. The van der Waals surface area contributed by atoms with Crippen LogP contribution < -0.4 is 0 Å². The van der Waals surface area contributed by atoms with Crippen LogP contribution in [0, 0.1) is 11.3 Å². The third-order valence-electron chi connectivity index (χ3n) is 9.92. The van der Waals surface area contributed by atoms with Gasteiger partial charge in [0.2, 0.25) is 0 Å². The molecule has 1 aliphatic rings. The summed E-state index contributed by atoms with van der Waals surface area (Å²) in [6.45, 7) is 0. The molecule has 220 valence electrons. The van der Waals surface area contributed by atoms with E-state index >= 15 is 0 Å². The molecule has 0 fully saturated rings. The van der Waals surface area contributed by atoms with Crippen molar-refractivity contribution in [2.75, 3.05) is 0 Å². The van der Waals surface area contributed by atoms with E-state index in [1.165, 1.54) is 53.1 Å². The van der Waals surface area contributed by atoms with Crippen LogP contribution in [-0.4, -0.2) is 9.13 Å². The number of hydrogen-bond donors (Lipinski definition) is 0. The minimum atomic E-state index is 0.0516. The first-order valence-electron chi connectivity index (χ1n) is 16.0. The van der Waals surface area contributed by atoms with Gasteiger partial charge in [-0.05, 0) is 60.5 Å². The van der Waals surface area contributed by atoms with Crippen molar-refractivity contribution in [1.82, 2.24) is 9.13 Å². The lowest BCUT2D eigenvalue weighted by Crippen LogP contribution is -2.10. The molecule has 0 saturated carbocycles. The Morgan fingerprint density at radius 3 is 1.98 bits per heavy atom. The highest BCUT2D eigenvalue weighted by atomic mass is 32.1. The summed E-state index contributed by atoms with van der Waals surface area (Å²) < 4.78 is 6.07. The van der Waals surface area contributed by atoms with Crippen LogP contribution in [-0.2, 0) is 0 Å². The van der Waals surface area contributed by atoms with E-state index in [0.717, 1.165) is 40.0 Å². The molecule has 10 rings (SSSR count). The number of aromatic nitrogens is 2. The molecule has 6 aromatic carbocycles. The molecule has 1 aliphatic carbocycles. The van der Waals surface area contributed by atoms with Crippen molar-refractivity contribution < 1.29 is 0 Å². The van der Waals surface area contributed by atoms with E-state index in [1.54, 1.807) is 0 Å². The summed E-state index contributed by atoms with van der Waals surface area (Å²) in [5.41, 5.74) is 10.1. The van der Waals surface area contributed by atoms with Crippen LogP contribution in [0.2, 0.25) is 0 Å². The smallest absolute Gasteiger partial charge is 0.0995 e. The Hall–Kier alpha value is -5.89. The standard InChI is InChI=1S/C43H27N3S/c44-26-27-12-10-23-38(46-35-20-7-4-15-29(35)30-16-5-8-21-36(30)46)40(27)34-19-11-18-31-32-24-25-39-41(43(32)47-42(31)34)33-17-6-9-22-37(33)45(39)28-13-2-1-3-14-28/h1-18,20-25,34H,19H2. The van der Waals surface area contributed by atoms with E-state index in [9.17, 15) is 5.26 Å². The summed E-state index contributed by atoms with van der Waals surface area (Å²) in [5, 5.41) is 16.9. The van der Waals surface area contributed by atoms with Gasteiger partial charge >= 0.3 is 0 Å². The van der Waals surface area contributed by atoms with Gasteiger partial charge in [-0.1, -0.05) is 97.1 Å². The number of para-hydroxylation sites is 4. The van der Waals surface area contributed by atoms with Crippen molar-refractivity contribution in [3.05, 3.63) is 161 Å². The molecule has 3 nitrogen and oxygen atoms in total. The van der Waals surface area contributed by atoms with E-state index in [2.05, 4.69) is 149 Å². The minimum Gasteiger partial charge on any atom is -0.309 e. The fourth-order valence-corrected chi connectivity index (χ4v) is 9.47. The van der Waals surface area contributed by atoms with Gasteiger partial charge in [-0.15, -0.1) is 11.3 Å². The number of fused-ring (bicyclic) bond motifs is 10. The molecule has 3 heterocycles. The lowest BCUT2D eigenvalue weighted by atomic mass is 9.84. The van der Waals surface area contributed by atoms with Gasteiger partial charge in [0.25, 0.3) is 0 Å². The van der Waals surface area contributed by atoms with E-state index in [-0.39, 0.29) is 5.92 Å². The summed E-state index contributed by atoms with van der Waals surface area (Å²) in [4.78, 5) is 1.33. The van der Waals surface area contributed by atoms with Crippen LogP contribution in [0.25, 0.3) is 71.1 Å². The molecule has 0 saturated heterocycles. The van der Waals surface area contributed by atoms with Crippen LogP contribution in [0.3, 0.4) is 0 Å². The molecule has 3 aromatic heterocycles.